The highest BCUT2D eigenvalue weighted by Gasteiger charge is 2.14. The molecular weight excluding hydrogens is 258 g/mol. The van der Waals surface area contributed by atoms with E-state index in [1.807, 2.05) is 19.9 Å². The first-order chi connectivity index (χ1) is 9.55. The Labute approximate surface area is 118 Å². The van der Waals surface area contributed by atoms with Gasteiger partial charge in [-0.05, 0) is 30.4 Å². The molecule has 20 heavy (non-hydrogen) atoms. The van der Waals surface area contributed by atoms with Gasteiger partial charge < -0.3 is 10.0 Å². The van der Waals surface area contributed by atoms with Gasteiger partial charge in [-0.3, -0.25) is 4.68 Å². The van der Waals surface area contributed by atoms with Crippen LogP contribution >= 0.6 is 0 Å². The molecule has 0 aliphatic rings. The maximum atomic E-state index is 14.0. The number of halogens is 1. The lowest BCUT2D eigenvalue weighted by Gasteiger charge is -2.08. The number of rotatable bonds is 5. The van der Waals surface area contributed by atoms with Gasteiger partial charge in [0.2, 0.25) is 0 Å². The first-order valence-electron chi connectivity index (χ1n) is 6.75. The number of aryl methyl sites for hydroxylation is 2. The third-order valence-corrected chi connectivity index (χ3v) is 3.33. The van der Waals surface area contributed by atoms with E-state index in [2.05, 4.69) is 5.10 Å². The topological polar surface area (TPSA) is 58.3 Å². The maximum Gasteiger partial charge on any atom is 0.488 e. The van der Waals surface area contributed by atoms with Crippen molar-refractivity contribution in [2.45, 2.75) is 33.2 Å². The Morgan fingerprint density at radius 1 is 1.20 bits per heavy atom. The van der Waals surface area contributed by atoms with Gasteiger partial charge in [-0.2, -0.15) is 5.10 Å². The Morgan fingerprint density at radius 2 is 1.95 bits per heavy atom. The molecule has 0 amide bonds. The van der Waals surface area contributed by atoms with E-state index < -0.39 is 12.9 Å². The Kier molecular flexibility index (Phi) is 4.57. The third-order valence-electron chi connectivity index (χ3n) is 3.33. The molecule has 2 rings (SSSR count). The van der Waals surface area contributed by atoms with Crippen LogP contribution in [0.15, 0.2) is 24.3 Å². The van der Waals surface area contributed by atoms with Gasteiger partial charge in [0.1, 0.15) is 5.82 Å². The van der Waals surface area contributed by atoms with Gasteiger partial charge in [-0.25, -0.2) is 4.39 Å². The second-order valence-corrected chi connectivity index (χ2v) is 4.72. The van der Waals surface area contributed by atoms with Crippen molar-refractivity contribution < 1.29 is 14.4 Å². The van der Waals surface area contributed by atoms with Crippen LogP contribution in [0.1, 0.15) is 30.8 Å². The summed E-state index contributed by atoms with van der Waals surface area (Å²) in [6, 6.07) is 6.26. The minimum Gasteiger partial charge on any atom is -0.423 e. The summed E-state index contributed by atoms with van der Waals surface area (Å²) in [6.07, 6.45) is 1.68. The molecule has 0 saturated heterocycles. The summed E-state index contributed by atoms with van der Waals surface area (Å²) in [5.74, 6) is -0.453. The van der Waals surface area contributed by atoms with Crippen LogP contribution in [0.2, 0.25) is 0 Å². The minimum atomic E-state index is -1.65. The Bertz CT molecular complexity index is 599. The van der Waals surface area contributed by atoms with Gasteiger partial charge in [0.15, 0.2) is 0 Å². The second kappa shape index (κ2) is 6.20. The number of hydrogen-bond donors (Lipinski definition) is 2. The van der Waals surface area contributed by atoms with Crippen molar-refractivity contribution in [1.29, 1.82) is 0 Å². The fraction of sp³-hybridized carbons (Fsp3) is 0.357. The summed E-state index contributed by atoms with van der Waals surface area (Å²) in [7, 11) is -1.65. The van der Waals surface area contributed by atoms with Gasteiger partial charge in [0.05, 0.1) is 12.2 Å². The van der Waals surface area contributed by atoms with E-state index >= 15 is 0 Å². The fourth-order valence-corrected chi connectivity index (χ4v) is 2.12. The van der Waals surface area contributed by atoms with Crippen molar-refractivity contribution in [3.63, 3.8) is 0 Å². The first-order valence-corrected chi connectivity index (χ1v) is 6.75. The van der Waals surface area contributed by atoms with E-state index in [0.29, 0.717) is 12.1 Å². The van der Waals surface area contributed by atoms with Crippen molar-refractivity contribution in [2.24, 2.45) is 0 Å². The Balaban J connectivity index is 2.28. The van der Waals surface area contributed by atoms with Crippen molar-refractivity contribution in [1.82, 2.24) is 9.78 Å². The van der Waals surface area contributed by atoms with Crippen LogP contribution < -0.4 is 5.46 Å². The maximum absolute atomic E-state index is 14.0. The molecule has 4 nitrogen and oxygen atoms in total. The highest BCUT2D eigenvalue weighted by molar-refractivity contribution is 6.58. The SMILES string of the molecule is CCc1cc(CC)n(Cc2ccc(B(O)O)cc2F)n1. The molecule has 1 heterocycles. The quantitative estimate of drug-likeness (QED) is 0.797. The molecule has 0 saturated carbocycles. The average Bonchev–Trinajstić information content (AvgIpc) is 2.83. The molecule has 0 radical (unpaired) electrons. The number of hydrogen-bond acceptors (Lipinski definition) is 3. The van der Waals surface area contributed by atoms with Gasteiger partial charge in [-0.1, -0.05) is 26.0 Å². The lowest BCUT2D eigenvalue weighted by Crippen LogP contribution is -2.30. The lowest BCUT2D eigenvalue weighted by molar-refractivity contribution is 0.425. The molecule has 0 unspecified atom stereocenters. The largest absolute Gasteiger partial charge is 0.488 e. The second-order valence-electron chi connectivity index (χ2n) is 4.72. The van der Waals surface area contributed by atoms with Crippen molar-refractivity contribution >= 4 is 12.6 Å². The van der Waals surface area contributed by atoms with E-state index in [1.165, 1.54) is 6.07 Å². The van der Waals surface area contributed by atoms with Crippen LogP contribution in [0.5, 0.6) is 0 Å². The highest BCUT2D eigenvalue weighted by Crippen LogP contribution is 2.12. The summed E-state index contributed by atoms with van der Waals surface area (Å²) in [5, 5.41) is 22.5. The molecule has 6 heteroatoms. The van der Waals surface area contributed by atoms with Crippen LogP contribution in [0.25, 0.3) is 0 Å². The predicted octanol–water partition coefficient (Wildman–Crippen LogP) is 0.875. The standard InChI is InChI=1S/C14H18BFN2O2/c1-3-12-8-13(4-2)18(17-12)9-10-5-6-11(15(19)20)7-14(10)16/h5-8,19-20H,3-4,9H2,1-2H3. The smallest absolute Gasteiger partial charge is 0.423 e. The van der Waals surface area contributed by atoms with E-state index in [1.54, 1.807) is 10.7 Å². The average molecular weight is 276 g/mol. The molecule has 2 N–H and O–H groups in total. The molecule has 0 spiro atoms. The summed E-state index contributed by atoms with van der Waals surface area (Å²) < 4.78 is 15.8. The molecule has 2 aromatic rings. The fourth-order valence-electron chi connectivity index (χ4n) is 2.12. The van der Waals surface area contributed by atoms with Crippen molar-refractivity contribution in [2.75, 3.05) is 0 Å². The van der Waals surface area contributed by atoms with Gasteiger partial charge in [0, 0.05) is 11.3 Å². The molecule has 0 fully saturated rings. The Hall–Kier alpha value is -1.66. The summed E-state index contributed by atoms with van der Waals surface area (Å²) in [6.45, 7) is 4.41. The van der Waals surface area contributed by atoms with E-state index in [4.69, 9.17) is 10.0 Å². The normalized spacial score (nSPS) is 10.8. The summed E-state index contributed by atoms with van der Waals surface area (Å²) in [5.41, 5.74) is 2.68. The minimum absolute atomic E-state index is 0.150. The summed E-state index contributed by atoms with van der Waals surface area (Å²) >= 11 is 0. The van der Waals surface area contributed by atoms with E-state index in [-0.39, 0.29) is 5.46 Å². The molecule has 1 aromatic carbocycles. The molecule has 0 aliphatic carbocycles. The van der Waals surface area contributed by atoms with Gasteiger partial charge in [0.25, 0.3) is 0 Å². The molecule has 0 bridgehead atoms. The number of aromatic nitrogens is 2. The summed E-state index contributed by atoms with van der Waals surface area (Å²) in [4.78, 5) is 0. The van der Waals surface area contributed by atoms with Crippen molar-refractivity contribution in [3.8, 4) is 0 Å². The van der Waals surface area contributed by atoms with Crippen LogP contribution in [0.4, 0.5) is 4.39 Å². The number of nitrogens with zero attached hydrogens (tertiary/aromatic N) is 2. The molecule has 1 aromatic heterocycles. The Morgan fingerprint density at radius 3 is 2.50 bits per heavy atom. The van der Waals surface area contributed by atoms with E-state index in [0.717, 1.165) is 30.3 Å². The van der Waals surface area contributed by atoms with Crippen LogP contribution in [0.3, 0.4) is 0 Å². The van der Waals surface area contributed by atoms with Crippen LogP contribution in [0, 0.1) is 5.82 Å². The zero-order chi connectivity index (χ0) is 14.7. The third kappa shape index (κ3) is 3.08. The molecule has 0 atom stereocenters. The molecule has 106 valence electrons. The lowest BCUT2D eigenvalue weighted by atomic mass is 9.80. The van der Waals surface area contributed by atoms with E-state index in [9.17, 15) is 4.39 Å². The highest BCUT2D eigenvalue weighted by atomic mass is 19.1. The molecule has 0 aliphatic heterocycles. The monoisotopic (exact) mass is 276 g/mol. The van der Waals surface area contributed by atoms with Crippen LogP contribution in [-0.4, -0.2) is 26.9 Å². The van der Waals surface area contributed by atoms with Crippen molar-refractivity contribution in [3.05, 3.63) is 47.0 Å². The zero-order valence-corrected chi connectivity index (χ0v) is 11.7. The van der Waals surface area contributed by atoms with Gasteiger partial charge >= 0.3 is 7.12 Å². The molecular formula is C14H18BFN2O2. The predicted molar refractivity (Wildman–Crippen MR) is 76.3 cm³/mol. The van der Waals surface area contributed by atoms with Crippen LogP contribution in [-0.2, 0) is 19.4 Å². The first kappa shape index (κ1) is 14.7. The van der Waals surface area contributed by atoms with Gasteiger partial charge in [-0.15, -0.1) is 0 Å². The zero-order valence-electron chi connectivity index (χ0n) is 11.7. The number of benzene rings is 1.